The minimum Gasteiger partial charge on any atom is -0.340 e. The van der Waals surface area contributed by atoms with Gasteiger partial charge in [0, 0.05) is 22.5 Å². The Balaban J connectivity index is 1.81. The number of rotatable bonds is 4. The first-order chi connectivity index (χ1) is 11.1. The Bertz CT molecular complexity index is 733. The van der Waals surface area contributed by atoms with E-state index < -0.39 is 0 Å². The predicted octanol–water partition coefficient (Wildman–Crippen LogP) is 5.23. The van der Waals surface area contributed by atoms with Gasteiger partial charge in [-0.15, -0.1) is 0 Å². The summed E-state index contributed by atoms with van der Waals surface area (Å²) >= 11 is 5.90. The standard InChI is InChI=1S/C18H17ClN4/c1-12-3-7-15(8-4-12)22-17-11-18(21-13(2)20-17)23-16-9-5-14(19)6-10-16/h3-11H,1-2H3,(H2,20,21,22,23). The lowest BCUT2D eigenvalue weighted by Gasteiger charge is -2.10. The van der Waals surface area contributed by atoms with Crippen molar-refractivity contribution >= 4 is 34.6 Å². The summed E-state index contributed by atoms with van der Waals surface area (Å²) in [5, 5.41) is 7.26. The molecule has 0 amide bonds. The highest BCUT2D eigenvalue weighted by Crippen LogP contribution is 2.21. The molecule has 3 aromatic rings. The Labute approximate surface area is 140 Å². The molecule has 4 nitrogen and oxygen atoms in total. The van der Waals surface area contributed by atoms with Crippen molar-refractivity contribution in [1.29, 1.82) is 0 Å². The molecule has 0 radical (unpaired) electrons. The van der Waals surface area contributed by atoms with Crippen LogP contribution < -0.4 is 10.6 Å². The molecular weight excluding hydrogens is 308 g/mol. The molecule has 0 aliphatic rings. The van der Waals surface area contributed by atoms with E-state index in [9.17, 15) is 0 Å². The summed E-state index contributed by atoms with van der Waals surface area (Å²) in [4.78, 5) is 8.84. The van der Waals surface area contributed by atoms with Gasteiger partial charge >= 0.3 is 0 Å². The molecular formula is C18H17ClN4. The predicted molar refractivity (Wildman–Crippen MR) is 96.0 cm³/mol. The highest BCUT2D eigenvalue weighted by atomic mass is 35.5. The highest BCUT2D eigenvalue weighted by Gasteiger charge is 2.03. The lowest BCUT2D eigenvalue weighted by molar-refractivity contribution is 1.06. The number of nitrogens with one attached hydrogen (secondary N) is 2. The van der Waals surface area contributed by atoms with Crippen molar-refractivity contribution in [3.05, 3.63) is 71.0 Å². The van der Waals surface area contributed by atoms with Crippen LogP contribution in [0.25, 0.3) is 0 Å². The first kappa shape index (κ1) is 15.3. The normalized spacial score (nSPS) is 10.4. The van der Waals surface area contributed by atoms with E-state index >= 15 is 0 Å². The van der Waals surface area contributed by atoms with Gasteiger partial charge < -0.3 is 10.6 Å². The molecule has 0 unspecified atom stereocenters. The van der Waals surface area contributed by atoms with Crippen molar-refractivity contribution in [3.63, 3.8) is 0 Å². The van der Waals surface area contributed by atoms with Crippen molar-refractivity contribution in [2.24, 2.45) is 0 Å². The third-order valence-corrected chi connectivity index (χ3v) is 3.53. The molecule has 0 saturated carbocycles. The van der Waals surface area contributed by atoms with Crippen LogP contribution in [-0.4, -0.2) is 9.97 Å². The maximum absolute atomic E-state index is 5.90. The maximum Gasteiger partial charge on any atom is 0.136 e. The number of hydrogen-bond donors (Lipinski definition) is 2. The van der Waals surface area contributed by atoms with Crippen LogP contribution in [0.5, 0.6) is 0 Å². The van der Waals surface area contributed by atoms with Gasteiger partial charge in [0.1, 0.15) is 17.5 Å². The molecule has 1 heterocycles. The second kappa shape index (κ2) is 6.67. The summed E-state index contributed by atoms with van der Waals surface area (Å²) in [6.45, 7) is 3.93. The zero-order chi connectivity index (χ0) is 16.2. The van der Waals surface area contributed by atoms with E-state index in [-0.39, 0.29) is 0 Å². The van der Waals surface area contributed by atoms with Crippen molar-refractivity contribution in [1.82, 2.24) is 9.97 Å². The molecule has 0 aliphatic carbocycles. The van der Waals surface area contributed by atoms with E-state index in [0.717, 1.165) is 23.0 Å². The molecule has 1 aromatic heterocycles. The molecule has 0 atom stereocenters. The zero-order valence-electron chi connectivity index (χ0n) is 13.0. The molecule has 2 aromatic carbocycles. The summed E-state index contributed by atoms with van der Waals surface area (Å²) in [5.41, 5.74) is 3.14. The highest BCUT2D eigenvalue weighted by molar-refractivity contribution is 6.30. The number of halogens is 1. The first-order valence-corrected chi connectivity index (χ1v) is 7.68. The number of anilines is 4. The first-order valence-electron chi connectivity index (χ1n) is 7.30. The Morgan fingerprint density at radius 3 is 1.74 bits per heavy atom. The van der Waals surface area contributed by atoms with Gasteiger partial charge in [0.2, 0.25) is 0 Å². The van der Waals surface area contributed by atoms with Gasteiger partial charge in [-0.3, -0.25) is 0 Å². The average molecular weight is 325 g/mol. The zero-order valence-corrected chi connectivity index (χ0v) is 13.7. The fourth-order valence-electron chi connectivity index (χ4n) is 2.16. The largest absolute Gasteiger partial charge is 0.340 e. The van der Waals surface area contributed by atoms with Gasteiger partial charge in [0.05, 0.1) is 0 Å². The minimum absolute atomic E-state index is 0.693. The van der Waals surface area contributed by atoms with Gasteiger partial charge in [-0.05, 0) is 50.2 Å². The number of hydrogen-bond acceptors (Lipinski definition) is 4. The lowest BCUT2D eigenvalue weighted by Crippen LogP contribution is -2.01. The third kappa shape index (κ3) is 4.20. The van der Waals surface area contributed by atoms with Crippen LogP contribution in [0.1, 0.15) is 11.4 Å². The van der Waals surface area contributed by atoms with Crippen LogP contribution >= 0.6 is 11.6 Å². The van der Waals surface area contributed by atoms with E-state index in [4.69, 9.17) is 11.6 Å². The van der Waals surface area contributed by atoms with E-state index in [1.165, 1.54) is 5.56 Å². The fourth-order valence-corrected chi connectivity index (χ4v) is 2.29. The van der Waals surface area contributed by atoms with Crippen LogP contribution in [0, 0.1) is 13.8 Å². The van der Waals surface area contributed by atoms with Gasteiger partial charge in [-0.1, -0.05) is 29.3 Å². The Morgan fingerprint density at radius 2 is 1.22 bits per heavy atom. The molecule has 5 heteroatoms. The van der Waals surface area contributed by atoms with Gasteiger partial charge in [0.15, 0.2) is 0 Å². The molecule has 0 bridgehead atoms. The molecule has 116 valence electrons. The van der Waals surface area contributed by atoms with E-state index in [1.54, 1.807) is 0 Å². The molecule has 0 aliphatic heterocycles. The van der Waals surface area contributed by atoms with Crippen LogP contribution in [0.15, 0.2) is 54.6 Å². The second-order valence-corrected chi connectivity index (χ2v) is 5.74. The number of nitrogens with zero attached hydrogens (tertiary/aromatic N) is 2. The van der Waals surface area contributed by atoms with Crippen molar-refractivity contribution < 1.29 is 0 Å². The minimum atomic E-state index is 0.693. The lowest BCUT2D eigenvalue weighted by atomic mass is 10.2. The number of benzene rings is 2. The van der Waals surface area contributed by atoms with E-state index in [2.05, 4.69) is 39.7 Å². The summed E-state index contributed by atoms with van der Waals surface area (Å²) < 4.78 is 0. The van der Waals surface area contributed by atoms with Gasteiger partial charge in [-0.25, -0.2) is 9.97 Å². The van der Waals surface area contributed by atoms with Crippen molar-refractivity contribution in [2.45, 2.75) is 13.8 Å². The fraction of sp³-hybridized carbons (Fsp3) is 0.111. The number of aryl methyl sites for hydroxylation is 2. The molecule has 0 spiro atoms. The van der Waals surface area contributed by atoms with Crippen LogP contribution in [0.3, 0.4) is 0 Å². The van der Waals surface area contributed by atoms with Crippen molar-refractivity contribution in [3.8, 4) is 0 Å². The monoisotopic (exact) mass is 324 g/mol. The summed E-state index contributed by atoms with van der Waals surface area (Å²) in [5.74, 6) is 2.17. The Morgan fingerprint density at radius 1 is 0.739 bits per heavy atom. The van der Waals surface area contributed by atoms with E-state index in [1.807, 2.05) is 49.4 Å². The van der Waals surface area contributed by atoms with Gasteiger partial charge in [0.25, 0.3) is 0 Å². The molecule has 0 saturated heterocycles. The molecule has 0 fully saturated rings. The SMILES string of the molecule is Cc1ccc(Nc2cc(Nc3ccc(Cl)cc3)nc(C)n2)cc1. The smallest absolute Gasteiger partial charge is 0.136 e. The van der Waals surface area contributed by atoms with Crippen molar-refractivity contribution in [2.75, 3.05) is 10.6 Å². The number of aromatic nitrogens is 2. The molecule has 23 heavy (non-hydrogen) atoms. The summed E-state index contributed by atoms with van der Waals surface area (Å²) in [6.07, 6.45) is 0. The Kier molecular flexibility index (Phi) is 4.44. The molecule has 2 N–H and O–H groups in total. The molecule has 3 rings (SSSR count). The second-order valence-electron chi connectivity index (χ2n) is 5.31. The quantitative estimate of drug-likeness (QED) is 0.689. The van der Waals surface area contributed by atoms with Crippen LogP contribution in [0.4, 0.5) is 23.0 Å². The van der Waals surface area contributed by atoms with E-state index in [0.29, 0.717) is 10.8 Å². The third-order valence-electron chi connectivity index (χ3n) is 3.28. The average Bonchev–Trinajstić information content (AvgIpc) is 2.51. The van der Waals surface area contributed by atoms with Crippen LogP contribution in [0.2, 0.25) is 5.02 Å². The van der Waals surface area contributed by atoms with Crippen LogP contribution in [-0.2, 0) is 0 Å². The Hall–Kier alpha value is -2.59. The maximum atomic E-state index is 5.90. The van der Waals surface area contributed by atoms with Gasteiger partial charge in [-0.2, -0.15) is 0 Å². The summed E-state index contributed by atoms with van der Waals surface area (Å²) in [6, 6.07) is 17.5. The topological polar surface area (TPSA) is 49.8 Å². The summed E-state index contributed by atoms with van der Waals surface area (Å²) in [7, 11) is 0.